The molecule has 1 unspecified atom stereocenters. The van der Waals surface area contributed by atoms with Crippen LogP contribution in [-0.2, 0) is 16.1 Å². The van der Waals surface area contributed by atoms with Crippen molar-refractivity contribution in [2.24, 2.45) is 0 Å². The number of carbonyl (C=O) groups is 3. The summed E-state index contributed by atoms with van der Waals surface area (Å²) in [6.45, 7) is 6.58. The molecule has 2 aliphatic heterocycles. The van der Waals surface area contributed by atoms with Crippen molar-refractivity contribution in [3.8, 4) is 0 Å². The van der Waals surface area contributed by atoms with Gasteiger partial charge in [-0.25, -0.2) is 0 Å². The van der Waals surface area contributed by atoms with Gasteiger partial charge in [0.25, 0.3) is 5.91 Å². The van der Waals surface area contributed by atoms with Crippen LogP contribution in [0, 0.1) is 20.8 Å². The molecule has 2 aliphatic rings. The molecule has 6 heteroatoms. The number of piperidine rings is 1. The zero-order valence-corrected chi connectivity index (χ0v) is 13.4. The summed E-state index contributed by atoms with van der Waals surface area (Å²) >= 11 is 0. The highest BCUT2D eigenvalue weighted by molar-refractivity contribution is 6.38. The number of amides is 3. The third kappa shape index (κ3) is 1.97. The molecular formula is C16H19BN2O3. The number of benzene rings is 1. The van der Waals surface area contributed by atoms with Crippen LogP contribution in [0.1, 0.15) is 45.5 Å². The Bertz CT molecular complexity index is 727. The van der Waals surface area contributed by atoms with Gasteiger partial charge in [-0.2, -0.15) is 0 Å². The molecule has 2 heterocycles. The van der Waals surface area contributed by atoms with Crippen LogP contribution in [0.2, 0.25) is 0 Å². The maximum atomic E-state index is 12.8. The highest BCUT2D eigenvalue weighted by Crippen LogP contribution is 2.31. The first kappa shape index (κ1) is 14.8. The Hall–Kier alpha value is -2.11. The molecule has 0 bridgehead atoms. The van der Waals surface area contributed by atoms with E-state index in [0.29, 0.717) is 13.0 Å². The molecule has 1 fully saturated rings. The second kappa shape index (κ2) is 4.97. The minimum atomic E-state index is -0.544. The Morgan fingerprint density at radius 3 is 2.41 bits per heavy atom. The lowest BCUT2D eigenvalue weighted by atomic mass is 9.80. The number of rotatable bonds is 1. The minimum Gasteiger partial charge on any atom is -0.322 e. The Labute approximate surface area is 130 Å². The van der Waals surface area contributed by atoms with Crippen molar-refractivity contribution in [3.63, 3.8) is 0 Å². The number of hydrogen-bond acceptors (Lipinski definition) is 3. The molecule has 1 saturated heterocycles. The highest BCUT2D eigenvalue weighted by atomic mass is 16.2. The van der Waals surface area contributed by atoms with E-state index in [4.69, 9.17) is 0 Å². The van der Waals surface area contributed by atoms with Crippen LogP contribution in [0.5, 0.6) is 0 Å². The normalized spacial score (nSPS) is 21.1. The third-order valence-electron chi connectivity index (χ3n) is 5.21. The molecule has 3 rings (SSSR count). The summed E-state index contributed by atoms with van der Waals surface area (Å²) in [6.07, 6.45) is 0.688. The minimum absolute atomic E-state index is 0.0896. The third-order valence-corrected chi connectivity index (χ3v) is 5.21. The van der Waals surface area contributed by atoms with Crippen LogP contribution in [-0.4, -0.2) is 36.5 Å². The molecule has 0 aliphatic carbocycles. The molecule has 0 radical (unpaired) electrons. The van der Waals surface area contributed by atoms with Crippen molar-refractivity contribution < 1.29 is 14.4 Å². The largest absolute Gasteiger partial charge is 0.322 e. The van der Waals surface area contributed by atoms with Crippen molar-refractivity contribution >= 4 is 31.0 Å². The fourth-order valence-electron chi connectivity index (χ4n) is 3.49. The fourth-order valence-corrected chi connectivity index (χ4v) is 3.49. The molecule has 1 aromatic carbocycles. The topological polar surface area (TPSA) is 66.5 Å². The van der Waals surface area contributed by atoms with Gasteiger partial charge < -0.3 is 4.90 Å². The summed E-state index contributed by atoms with van der Waals surface area (Å²) in [6, 6.07) is -0.544. The van der Waals surface area contributed by atoms with E-state index in [2.05, 4.69) is 12.2 Å². The quantitative estimate of drug-likeness (QED) is 0.568. The number of hydrogen-bond donors (Lipinski definition) is 1. The molecule has 114 valence electrons. The van der Waals surface area contributed by atoms with Crippen LogP contribution in [0.15, 0.2) is 0 Å². The zero-order chi connectivity index (χ0) is 16.2. The predicted molar refractivity (Wildman–Crippen MR) is 84.9 cm³/mol. The molecule has 3 amide bonds. The van der Waals surface area contributed by atoms with Gasteiger partial charge in [-0.3, -0.25) is 19.7 Å². The van der Waals surface area contributed by atoms with Crippen LogP contribution in [0.4, 0.5) is 0 Å². The van der Waals surface area contributed by atoms with E-state index in [1.54, 1.807) is 4.90 Å². The molecule has 5 nitrogen and oxygen atoms in total. The van der Waals surface area contributed by atoms with Crippen molar-refractivity contribution in [2.75, 3.05) is 0 Å². The molecular weight excluding hydrogens is 279 g/mol. The van der Waals surface area contributed by atoms with Gasteiger partial charge >= 0.3 is 0 Å². The Morgan fingerprint density at radius 1 is 1.09 bits per heavy atom. The zero-order valence-electron chi connectivity index (χ0n) is 13.4. The summed E-state index contributed by atoms with van der Waals surface area (Å²) in [5.41, 5.74) is 6.23. The lowest BCUT2D eigenvalue weighted by molar-refractivity contribution is -0.136. The van der Waals surface area contributed by atoms with E-state index in [-0.39, 0.29) is 24.1 Å². The van der Waals surface area contributed by atoms with E-state index in [1.807, 2.05) is 21.7 Å². The summed E-state index contributed by atoms with van der Waals surface area (Å²) in [5.74, 6) is -0.709. The Kier molecular flexibility index (Phi) is 3.35. The molecule has 1 aromatic rings. The van der Waals surface area contributed by atoms with Gasteiger partial charge in [0.1, 0.15) is 13.9 Å². The second-order valence-electron chi connectivity index (χ2n) is 6.25. The van der Waals surface area contributed by atoms with Crippen LogP contribution >= 0.6 is 0 Å². The number of carbonyl (C=O) groups excluding carboxylic acids is 3. The first-order chi connectivity index (χ1) is 10.3. The standard InChI is InChI=1S/C16H19BN2O3/c1-7-8(2)10-6-19(11-4-5-12(20)18-15(11)21)16(22)13(10)14(17)9(7)3/h11H,4-6,17H2,1-3H3,(H,18,20,21). The maximum Gasteiger partial charge on any atom is 0.254 e. The SMILES string of the molecule is Bc1c(C)c(C)c(C)c2c1C(=O)N(C1CCC(=O)NC1=O)C2. The lowest BCUT2D eigenvalue weighted by Gasteiger charge is -2.29. The van der Waals surface area contributed by atoms with Gasteiger partial charge in [0.2, 0.25) is 11.8 Å². The van der Waals surface area contributed by atoms with Crippen LogP contribution < -0.4 is 10.8 Å². The van der Waals surface area contributed by atoms with E-state index in [1.165, 1.54) is 5.56 Å². The predicted octanol–water partition coefficient (Wildman–Crippen LogP) is -0.369. The fraction of sp³-hybridized carbons (Fsp3) is 0.438. The average molecular weight is 298 g/mol. The molecule has 1 N–H and O–H groups in total. The average Bonchev–Trinajstić information content (AvgIpc) is 2.81. The molecule has 0 spiro atoms. The van der Waals surface area contributed by atoms with Crippen molar-refractivity contribution in [1.29, 1.82) is 0 Å². The van der Waals surface area contributed by atoms with Gasteiger partial charge in [-0.1, -0.05) is 11.0 Å². The van der Waals surface area contributed by atoms with Crippen LogP contribution in [0.3, 0.4) is 0 Å². The number of nitrogens with zero attached hydrogens (tertiary/aromatic N) is 1. The Morgan fingerprint density at radius 2 is 1.77 bits per heavy atom. The summed E-state index contributed by atoms with van der Waals surface area (Å²) in [7, 11) is 1.96. The van der Waals surface area contributed by atoms with E-state index in [9.17, 15) is 14.4 Å². The summed E-state index contributed by atoms with van der Waals surface area (Å²) < 4.78 is 0. The highest BCUT2D eigenvalue weighted by Gasteiger charge is 2.40. The first-order valence-corrected chi connectivity index (χ1v) is 7.56. The van der Waals surface area contributed by atoms with E-state index in [0.717, 1.165) is 27.7 Å². The van der Waals surface area contributed by atoms with Crippen molar-refractivity contribution in [3.05, 3.63) is 27.8 Å². The second-order valence-corrected chi connectivity index (χ2v) is 6.25. The van der Waals surface area contributed by atoms with Gasteiger partial charge in [0, 0.05) is 18.5 Å². The molecule has 0 saturated carbocycles. The van der Waals surface area contributed by atoms with Crippen molar-refractivity contribution in [2.45, 2.75) is 46.2 Å². The monoisotopic (exact) mass is 298 g/mol. The smallest absolute Gasteiger partial charge is 0.254 e. The number of fused-ring (bicyclic) bond motifs is 1. The van der Waals surface area contributed by atoms with E-state index < -0.39 is 6.04 Å². The maximum absolute atomic E-state index is 12.8. The van der Waals surface area contributed by atoms with Crippen LogP contribution in [0.25, 0.3) is 0 Å². The van der Waals surface area contributed by atoms with Crippen molar-refractivity contribution in [1.82, 2.24) is 10.2 Å². The summed E-state index contributed by atoms with van der Waals surface area (Å²) in [5, 5.41) is 2.33. The van der Waals surface area contributed by atoms with Gasteiger partial charge in [-0.15, -0.1) is 0 Å². The molecule has 1 atom stereocenters. The lowest BCUT2D eigenvalue weighted by Crippen LogP contribution is -2.52. The van der Waals surface area contributed by atoms with Gasteiger partial charge in [-0.05, 0) is 43.9 Å². The molecule has 22 heavy (non-hydrogen) atoms. The molecule has 0 aromatic heterocycles. The van der Waals surface area contributed by atoms with Gasteiger partial charge in [0.05, 0.1) is 0 Å². The number of nitrogens with one attached hydrogen (secondary N) is 1. The number of imide groups is 1. The summed E-state index contributed by atoms with van der Waals surface area (Å²) in [4.78, 5) is 37.8. The van der Waals surface area contributed by atoms with E-state index >= 15 is 0 Å². The first-order valence-electron chi connectivity index (χ1n) is 7.56. The Balaban J connectivity index is 2.02. The van der Waals surface area contributed by atoms with Gasteiger partial charge in [0.15, 0.2) is 0 Å².